The second-order valence-corrected chi connectivity index (χ2v) is 11.5. The third kappa shape index (κ3) is 6.44. The Labute approximate surface area is 209 Å². The number of nitrogens with zero attached hydrogens (tertiary/aromatic N) is 4. The molecular weight excluding hydrogens is 449 g/mol. The van der Waals surface area contributed by atoms with Crippen LogP contribution >= 0.6 is 0 Å². The van der Waals surface area contributed by atoms with Crippen LogP contribution in [0.1, 0.15) is 68.2 Å². The highest BCUT2D eigenvalue weighted by atomic mass is 16.7. The maximum atomic E-state index is 13.0. The third-order valence-corrected chi connectivity index (χ3v) is 6.86. The molecule has 10 nitrogen and oxygen atoms in total. The molecule has 3 heterocycles. The number of carbonyl (C=O) groups is 2. The van der Waals surface area contributed by atoms with Crippen LogP contribution in [-0.2, 0) is 18.8 Å². The Morgan fingerprint density at radius 3 is 2.31 bits per heavy atom. The first-order chi connectivity index (χ1) is 16.1. The van der Waals surface area contributed by atoms with Gasteiger partial charge >= 0.3 is 13.2 Å². The molecule has 2 fully saturated rings. The molecule has 0 bridgehead atoms. The Bertz CT molecular complexity index is 902. The third-order valence-electron chi connectivity index (χ3n) is 6.86. The predicted molar refractivity (Wildman–Crippen MR) is 135 cm³/mol. The number of ether oxygens (including phenoxy) is 1. The molecule has 11 heteroatoms. The first-order valence-electron chi connectivity index (χ1n) is 12.3. The number of alkyl carbamates (subject to hydrolysis) is 1. The van der Waals surface area contributed by atoms with Crippen molar-refractivity contribution in [2.24, 2.45) is 0 Å². The van der Waals surface area contributed by atoms with Crippen LogP contribution in [0.15, 0.2) is 12.4 Å². The highest BCUT2D eigenvalue weighted by Crippen LogP contribution is 2.36. The summed E-state index contributed by atoms with van der Waals surface area (Å²) in [4.78, 5) is 37.9. The van der Waals surface area contributed by atoms with Gasteiger partial charge in [-0.05, 0) is 68.2 Å². The van der Waals surface area contributed by atoms with Crippen LogP contribution in [0.2, 0.25) is 0 Å². The average molecular weight is 489 g/mol. The lowest BCUT2D eigenvalue weighted by Gasteiger charge is -2.38. The van der Waals surface area contributed by atoms with Crippen molar-refractivity contribution in [1.82, 2.24) is 20.2 Å². The molecule has 2 saturated heterocycles. The number of amides is 2. The molecule has 0 radical (unpaired) electrons. The summed E-state index contributed by atoms with van der Waals surface area (Å²) in [7, 11) is 1.26. The van der Waals surface area contributed by atoms with Gasteiger partial charge in [-0.1, -0.05) is 0 Å². The molecule has 2 aliphatic rings. The summed E-state index contributed by atoms with van der Waals surface area (Å²) in [5.74, 6) is 0.440. The monoisotopic (exact) mass is 489 g/mol. The zero-order chi connectivity index (χ0) is 26.2. The van der Waals surface area contributed by atoms with Crippen molar-refractivity contribution in [3.8, 4) is 0 Å². The van der Waals surface area contributed by atoms with Crippen molar-refractivity contribution in [3.63, 3.8) is 0 Å². The smallest absolute Gasteiger partial charge is 0.444 e. The normalized spacial score (nSPS) is 22.5. The molecule has 194 valence electrons. The van der Waals surface area contributed by atoms with E-state index in [4.69, 9.17) is 14.0 Å². The van der Waals surface area contributed by atoms with Crippen LogP contribution in [0.5, 0.6) is 0 Å². The fourth-order valence-corrected chi connectivity index (χ4v) is 4.08. The molecule has 0 spiro atoms. The zero-order valence-electron chi connectivity index (χ0n) is 22.5. The van der Waals surface area contributed by atoms with Gasteiger partial charge in [-0.25, -0.2) is 14.8 Å². The number of nitrogens with one attached hydrogen (secondary N) is 1. The van der Waals surface area contributed by atoms with Crippen LogP contribution in [0.3, 0.4) is 0 Å². The second kappa shape index (κ2) is 9.93. The molecule has 1 aromatic rings. The van der Waals surface area contributed by atoms with E-state index in [1.807, 2.05) is 27.7 Å². The molecule has 0 aliphatic carbocycles. The topological polar surface area (TPSA) is 106 Å². The minimum atomic E-state index is -0.694. The Balaban J connectivity index is 1.59. The standard InChI is InChI=1S/C24H40BN5O5/c1-16(28-21(32)33-22(2,3)4)19(31)29(9)18-11-10-12-30(15-18)20-26-13-17(14-27-20)25-34-23(5,6)24(7,8)35-25/h13-14,16,18H,10-12,15H2,1-9H3,(H,28,32). The molecule has 0 saturated carbocycles. The van der Waals surface area contributed by atoms with Crippen LogP contribution in [0.4, 0.5) is 10.7 Å². The summed E-state index contributed by atoms with van der Waals surface area (Å²) >= 11 is 0. The van der Waals surface area contributed by atoms with E-state index in [0.717, 1.165) is 24.8 Å². The Morgan fingerprint density at radius 2 is 1.77 bits per heavy atom. The number of rotatable bonds is 5. The SMILES string of the molecule is CC(NC(=O)OC(C)(C)C)C(=O)N(C)C1CCCN(c2ncc(B3OC(C)(C)C(C)(C)O3)cn2)C1. The van der Waals surface area contributed by atoms with Gasteiger partial charge in [0.25, 0.3) is 0 Å². The number of aromatic nitrogens is 2. The largest absolute Gasteiger partial charge is 0.498 e. The van der Waals surface area contributed by atoms with Gasteiger partial charge < -0.3 is 29.2 Å². The van der Waals surface area contributed by atoms with Gasteiger partial charge in [0.05, 0.1) is 11.2 Å². The molecule has 1 N–H and O–H groups in total. The lowest BCUT2D eigenvalue weighted by molar-refractivity contribution is -0.134. The van der Waals surface area contributed by atoms with Crippen LogP contribution in [0, 0.1) is 0 Å². The molecule has 2 amide bonds. The van der Waals surface area contributed by atoms with Crippen LogP contribution < -0.4 is 15.7 Å². The minimum Gasteiger partial charge on any atom is -0.444 e. The van der Waals surface area contributed by atoms with E-state index < -0.39 is 36.1 Å². The summed E-state index contributed by atoms with van der Waals surface area (Å²) in [6, 6.07) is -0.716. The van der Waals surface area contributed by atoms with Crippen molar-refractivity contribution < 1.29 is 23.6 Å². The van der Waals surface area contributed by atoms with Gasteiger partial charge in [0.2, 0.25) is 11.9 Å². The summed E-state index contributed by atoms with van der Waals surface area (Å²) in [5.41, 5.74) is -0.706. The Morgan fingerprint density at radius 1 is 1.20 bits per heavy atom. The summed E-state index contributed by atoms with van der Waals surface area (Å²) in [6.45, 7) is 16.5. The van der Waals surface area contributed by atoms with E-state index >= 15 is 0 Å². The lowest BCUT2D eigenvalue weighted by atomic mass is 9.81. The van der Waals surface area contributed by atoms with E-state index in [1.54, 1.807) is 52.0 Å². The highest BCUT2D eigenvalue weighted by molar-refractivity contribution is 6.61. The first-order valence-corrected chi connectivity index (χ1v) is 12.3. The van der Waals surface area contributed by atoms with Crippen LogP contribution in [0.25, 0.3) is 0 Å². The Kier molecular flexibility index (Phi) is 7.71. The fraction of sp³-hybridized carbons (Fsp3) is 0.750. The number of anilines is 1. The molecule has 2 aliphatic heterocycles. The van der Waals surface area contributed by atoms with Gasteiger partial charge in [-0.15, -0.1) is 0 Å². The molecule has 1 aromatic heterocycles. The zero-order valence-corrected chi connectivity index (χ0v) is 22.5. The van der Waals surface area contributed by atoms with E-state index in [1.165, 1.54) is 0 Å². The van der Waals surface area contributed by atoms with Gasteiger partial charge in [0.1, 0.15) is 11.6 Å². The molecular formula is C24H40BN5O5. The molecule has 2 atom stereocenters. The molecule has 0 aromatic carbocycles. The van der Waals surface area contributed by atoms with Gasteiger partial charge in [-0.3, -0.25) is 4.79 Å². The second-order valence-electron chi connectivity index (χ2n) is 11.5. The van der Waals surface area contributed by atoms with Crippen molar-refractivity contribution in [1.29, 1.82) is 0 Å². The van der Waals surface area contributed by atoms with Gasteiger partial charge in [0.15, 0.2) is 0 Å². The van der Waals surface area contributed by atoms with E-state index in [9.17, 15) is 9.59 Å². The Hall–Kier alpha value is -2.40. The van der Waals surface area contributed by atoms with Crippen LogP contribution in [-0.4, -0.2) is 83.0 Å². The molecule has 3 rings (SSSR count). The number of hydrogen-bond donors (Lipinski definition) is 1. The fourth-order valence-electron chi connectivity index (χ4n) is 4.08. The number of carbonyl (C=O) groups excluding carboxylic acids is 2. The first kappa shape index (κ1) is 27.2. The molecule has 2 unspecified atom stereocenters. The van der Waals surface area contributed by atoms with Crippen molar-refractivity contribution in [2.45, 2.75) is 97.1 Å². The van der Waals surface area contributed by atoms with E-state index in [0.29, 0.717) is 12.5 Å². The quantitative estimate of drug-likeness (QED) is 0.627. The average Bonchev–Trinajstić information content (AvgIpc) is 2.98. The summed E-state index contributed by atoms with van der Waals surface area (Å²) in [6.07, 6.45) is 4.65. The maximum Gasteiger partial charge on any atom is 0.498 e. The van der Waals surface area contributed by atoms with E-state index in [-0.39, 0.29) is 11.9 Å². The summed E-state index contributed by atoms with van der Waals surface area (Å²) < 4.78 is 17.4. The highest BCUT2D eigenvalue weighted by Gasteiger charge is 2.52. The van der Waals surface area contributed by atoms with Crippen molar-refractivity contribution in [2.75, 3.05) is 25.0 Å². The number of piperidine rings is 1. The maximum absolute atomic E-state index is 13.0. The van der Waals surface area contributed by atoms with Crippen molar-refractivity contribution in [3.05, 3.63) is 12.4 Å². The number of likely N-dealkylation sites (N-methyl/N-ethyl adjacent to an activating group) is 1. The lowest BCUT2D eigenvalue weighted by Crippen LogP contribution is -2.54. The van der Waals surface area contributed by atoms with Crippen molar-refractivity contribution >= 4 is 30.5 Å². The molecule has 35 heavy (non-hydrogen) atoms. The predicted octanol–water partition coefficient (Wildman–Crippen LogP) is 2.12. The number of hydrogen-bond acceptors (Lipinski definition) is 8. The van der Waals surface area contributed by atoms with Gasteiger partial charge in [-0.2, -0.15) is 0 Å². The summed E-state index contributed by atoms with van der Waals surface area (Å²) in [5, 5.41) is 2.63. The minimum absolute atomic E-state index is 0.0227. The van der Waals surface area contributed by atoms with Gasteiger partial charge in [0, 0.05) is 44.0 Å². The van der Waals surface area contributed by atoms with E-state index in [2.05, 4.69) is 20.2 Å².